The molecule has 2 unspecified atom stereocenters. The fourth-order valence-corrected chi connectivity index (χ4v) is 5.78. The SMILES string of the molecule is O=S1CCCS(=O)C1[C@H](O)c1ccc(F)cc1F. The molecule has 2 rings (SSSR count). The van der Waals surface area contributed by atoms with Gasteiger partial charge in [0.1, 0.15) is 22.3 Å². The lowest BCUT2D eigenvalue weighted by atomic mass is 10.1. The zero-order valence-corrected chi connectivity index (χ0v) is 11.0. The molecule has 100 valence electrons. The zero-order chi connectivity index (χ0) is 13.3. The number of hydrogen-bond donors (Lipinski definition) is 1. The topological polar surface area (TPSA) is 54.4 Å². The summed E-state index contributed by atoms with van der Waals surface area (Å²) in [4.78, 5) is 0. The highest BCUT2D eigenvalue weighted by molar-refractivity contribution is 8.03. The minimum Gasteiger partial charge on any atom is -0.386 e. The fraction of sp³-hybridized carbons (Fsp3) is 0.455. The number of hydrogen-bond acceptors (Lipinski definition) is 3. The second-order valence-electron chi connectivity index (χ2n) is 4.00. The molecule has 0 amide bonds. The Balaban J connectivity index is 2.32. The number of aliphatic hydroxyl groups is 1. The van der Waals surface area contributed by atoms with Crippen LogP contribution in [0.5, 0.6) is 0 Å². The molecule has 1 fully saturated rings. The maximum atomic E-state index is 13.5. The summed E-state index contributed by atoms with van der Waals surface area (Å²) in [7, 11) is -2.93. The van der Waals surface area contributed by atoms with Gasteiger partial charge in [0.05, 0.1) is 0 Å². The predicted octanol–water partition coefficient (Wildman–Crippen LogP) is 1.23. The van der Waals surface area contributed by atoms with E-state index in [2.05, 4.69) is 0 Å². The van der Waals surface area contributed by atoms with Gasteiger partial charge in [-0.1, -0.05) is 6.07 Å². The molecule has 0 aliphatic carbocycles. The molecule has 18 heavy (non-hydrogen) atoms. The maximum absolute atomic E-state index is 13.5. The summed E-state index contributed by atoms with van der Waals surface area (Å²) in [6, 6.07) is 2.75. The molecule has 0 saturated carbocycles. The highest BCUT2D eigenvalue weighted by Crippen LogP contribution is 2.28. The second-order valence-corrected chi connectivity index (χ2v) is 7.66. The van der Waals surface area contributed by atoms with Crippen molar-refractivity contribution in [3.63, 3.8) is 0 Å². The fourth-order valence-electron chi connectivity index (χ4n) is 1.87. The Hall–Kier alpha value is -0.660. The van der Waals surface area contributed by atoms with E-state index >= 15 is 0 Å². The van der Waals surface area contributed by atoms with Crippen LogP contribution < -0.4 is 0 Å². The van der Waals surface area contributed by atoms with Crippen molar-refractivity contribution in [3.8, 4) is 0 Å². The molecule has 0 bridgehead atoms. The molecular formula is C11H12F2O3S2. The molecule has 1 N–H and O–H groups in total. The van der Waals surface area contributed by atoms with E-state index < -0.39 is 43.9 Å². The average Bonchev–Trinajstić information content (AvgIpc) is 2.28. The molecule has 1 aromatic carbocycles. The van der Waals surface area contributed by atoms with Crippen LogP contribution in [-0.4, -0.2) is 29.6 Å². The van der Waals surface area contributed by atoms with E-state index in [9.17, 15) is 22.3 Å². The molecule has 1 saturated heterocycles. The van der Waals surface area contributed by atoms with E-state index in [4.69, 9.17) is 0 Å². The van der Waals surface area contributed by atoms with Gasteiger partial charge in [0.2, 0.25) is 0 Å². The third-order valence-electron chi connectivity index (χ3n) is 2.75. The Morgan fingerprint density at radius 1 is 1.22 bits per heavy atom. The van der Waals surface area contributed by atoms with Crippen molar-refractivity contribution in [2.24, 2.45) is 0 Å². The predicted molar refractivity (Wildman–Crippen MR) is 65.7 cm³/mol. The van der Waals surface area contributed by atoms with Crippen LogP contribution in [0.1, 0.15) is 18.1 Å². The van der Waals surface area contributed by atoms with Crippen molar-refractivity contribution in [1.29, 1.82) is 0 Å². The second kappa shape index (κ2) is 5.54. The summed E-state index contributed by atoms with van der Waals surface area (Å²) in [5.74, 6) is -0.983. The van der Waals surface area contributed by atoms with E-state index in [1.807, 2.05) is 0 Å². The van der Waals surface area contributed by atoms with Crippen molar-refractivity contribution < 1.29 is 22.3 Å². The first-order valence-corrected chi connectivity index (χ1v) is 8.14. The first kappa shape index (κ1) is 13.8. The molecule has 7 heteroatoms. The summed E-state index contributed by atoms with van der Waals surface area (Å²) in [5.41, 5.74) is -0.162. The van der Waals surface area contributed by atoms with Crippen LogP contribution in [0.25, 0.3) is 0 Å². The summed E-state index contributed by atoms with van der Waals surface area (Å²) < 4.78 is 48.8. The van der Waals surface area contributed by atoms with E-state index in [1.165, 1.54) is 0 Å². The molecule has 3 atom stereocenters. The van der Waals surface area contributed by atoms with Crippen LogP contribution in [0, 0.1) is 11.6 Å². The van der Waals surface area contributed by atoms with Gasteiger partial charge in [-0.05, 0) is 12.5 Å². The molecule has 3 nitrogen and oxygen atoms in total. The minimum atomic E-state index is -1.46. The number of aliphatic hydroxyl groups excluding tert-OH is 1. The lowest BCUT2D eigenvalue weighted by molar-refractivity contribution is 0.188. The van der Waals surface area contributed by atoms with Gasteiger partial charge < -0.3 is 5.11 Å². The Bertz CT molecular complexity index is 491. The van der Waals surface area contributed by atoms with E-state index in [0.717, 1.165) is 12.1 Å². The van der Waals surface area contributed by atoms with Crippen molar-refractivity contribution in [1.82, 2.24) is 0 Å². The van der Waals surface area contributed by atoms with Gasteiger partial charge in [-0.3, -0.25) is 8.42 Å². The van der Waals surface area contributed by atoms with Crippen LogP contribution in [0.15, 0.2) is 18.2 Å². The molecule has 0 radical (unpaired) electrons. The smallest absolute Gasteiger partial charge is 0.140 e. The normalized spacial score (nSPS) is 30.1. The molecular weight excluding hydrogens is 282 g/mol. The molecule has 1 aromatic rings. The maximum Gasteiger partial charge on any atom is 0.140 e. The Labute approximate surface area is 108 Å². The Morgan fingerprint density at radius 3 is 2.39 bits per heavy atom. The van der Waals surface area contributed by atoms with Gasteiger partial charge in [-0.15, -0.1) is 0 Å². The molecule has 1 aliphatic rings. The Kier molecular flexibility index (Phi) is 4.24. The molecule has 1 aliphatic heterocycles. The van der Waals surface area contributed by atoms with Gasteiger partial charge in [-0.2, -0.15) is 0 Å². The molecule has 0 spiro atoms. The van der Waals surface area contributed by atoms with Crippen molar-refractivity contribution >= 4 is 21.6 Å². The van der Waals surface area contributed by atoms with Crippen LogP contribution in [0.4, 0.5) is 8.78 Å². The number of halogens is 2. The summed E-state index contributed by atoms with van der Waals surface area (Å²) in [6.45, 7) is 0. The summed E-state index contributed by atoms with van der Waals surface area (Å²) in [6.07, 6.45) is -0.874. The third-order valence-corrected chi connectivity index (χ3v) is 6.97. The van der Waals surface area contributed by atoms with Gasteiger partial charge >= 0.3 is 0 Å². The summed E-state index contributed by atoms with van der Waals surface area (Å²) in [5, 5.41) is 10.0. The van der Waals surface area contributed by atoms with Crippen LogP contribution in [-0.2, 0) is 21.6 Å². The van der Waals surface area contributed by atoms with E-state index in [1.54, 1.807) is 0 Å². The first-order chi connectivity index (χ1) is 8.50. The standard InChI is InChI=1S/C11H12F2O3S2/c12-7-2-3-8(9(13)6-7)10(14)11-17(15)4-1-5-18(11)16/h2-3,6,10-11,14H,1,4-5H2/t10-,11?,17?,18?/m1/s1. The monoisotopic (exact) mass is 294 g/mol. The number of benzene rings is 1. The van der Waals surface area contributed by atoms with Gasteiger partial charge in [-0.25, -0.2) is 8.78 Å². The molecule has 1 heterocycles. The third kappa shape index (κ3) is 2.67. The lowest BCUT2D eigenvalue weighted by Crippen LogP contribution is -2.36. The van der Waals surface area contributed by atoms with Gasteiger partial charge in [0, 0.05) is 44.7 Å². The van der Waals surface area contributed by atoms with Crippen molar-refractivity contribution in [2.45, 2.75) is 17.1 Å². The van der Waals surface area contributed by atoms with Gasteiger partial charge in [0.25, 0.3) is 0 Å². The quantitative estimate of drug-likeness (QED) is 0.892. The van der Waals surface area contributed by atoms with E-state index in [-0.39, 0.29) is 5.56 Å². The number of rotatable bonds is 2. The van der Waals surface area contributed by atoms with E-state index in [0.29, 0.717) is 24.0 Å². The van der Waals surface area contributed by atoms with Crippen LogP contribution >= 0.6 is 0 Å². The lowest BCUT2D eigenvalue weighted by Gasteiger charge is -2.25. The van der Waals surface area contributed by atoms with Gasteiger partial charge in [0.15, 0.2) is 0 Å². The van der Waals surface area contributed by atoms with Crippen LogP contribution in [0.3, 0.4) is 0 Å². The zero-order valence-electron chi connectivity index (χ0n) is 9.34. The van der Waals surface area contributed by atoms with Crippen molar-refractivity contribution in [2.75, 3.05) is 11.5 Å². The first-order valence-electron chi connectivity index (χ1n) is 5.38. The highest BCUT2D eigenvalue weighted by atomic mass is 32.2. The largest absolute Gasteiger partial charge is 0.386 e. The molecule has 0 aromatic heterocycles. The average molecular weight is 294 g/mol. The van der Waals surface area contributed by atoms with Crippen LogP contribution in [0.2, 0.25) is 0 Å². The van der Waals surface area contributed by atoms with Crippen molar-refractivity contribution in [3.05, 3.63) is 35.4 Å². The minimum absolute atomic E-state index is 0.162. The Morgan fingerprint density at radius 2 is 1.83 bits per heavy atom. The summed E-state index contributed by atoms with van der Waals surface area (Å²) >= 11 is 0. The highest BCUT2D eigenvalue weighted by Gasteiger charge is 2.36.